The highest BCUT2D eigenvalue weighted by molar-refractivity contribution is 9.10. The number of halogens is 3. The van der Waals surface area contributed by atoms with Crippen molar-refractivity contribution in [1.82, 2.24) is 10.2 Å². The van der Waals surface area contributed by atoms with Crippen molar-refractivity contribution < 1.29 is 18.0 Å². The topological polar surface area (TPSA) is 86.8 Å². The first-order valence-electron chi connectivity index (χ1n) is 10.4. The van der Waals surface area contributed by atoms with Crippen LogP contribution in [0.1, 0.15) is 33.3 Å². The second kappa shape index (κ2) is 11.3. The Bertz CT molecular complexity index is 1170. The Hall–Kier alpha value is -1.81. The van der Waals surface area contributed by atoms with Gasteiger partial charge < -0.3 is 10.2 Å². The van der Waals surface area contributed by atoms with Crippen molar-refractivity contribution in [2.24, 2.45) is 0 Å². The molecule has 0 bridgehead atoms. The van der Waals surface area contributed by atoms with Crippen LogP contribution in [-0.2, 0) is 26.2 Å². The molecular weight excluding hydrogens is 565 g/mol. The quantitative estimate of drug-likeness (QED) is 0.474. The van der Waals surface area contributed by atoms with Gasteiger partial charge >= 0.3 is 0 Å². The van der Waals surface area contributed by atoms with Crippen LogP contribution in [0.2, 0.25) is 10.0 Å². The van der Waals surface area contributed by atoms with Crippen molar-refractivity contribution in [3.63, 3.8) is 0 Å². The minimum Gasteiger partial charge on any atom is -0.350 e. The van der Waals surface area contributed by atoms with E-state index in [1.54, 1.807) is 13.0 Å². The van der Waals surface area contributed by atoms with Crippen molar-refractivity contribution in [1.29, 1.82) is 0 Å². The molecule has 0 fully saturated rings. The molecule has 34 heavy (non-hydrogen) atoms. The molecule has 186 valence electrons. The molecule has 1 N–H and O–H groups in total. The normalized spacial score (nSPS) is 12.7. The minimum absolute atomic E-state index is 0.0134. The van der Waals surface area contributed by atoms with Gasteiger partial charge in [0, 0.05) is 16.6 Å². The molecule has 2 amide bonds. The highest BCUT2D eigenvalue weighted by Gasteiger charge is 2.32. The van der Waals surface area contributed by atoms with Crippen LogP contribution in [0.5, 0.6) is 0 Å². The first kappa shape index (κ1) is 28.4. The monoisotopic (exact) mass is 591 g/mol. The zero-order valence-corrected chi connectivity index (χ0v) is 23.5. The van der Waals surface area contributed by atoms with Crippen LogP contribution >= 0.6 is 39.1 Å². The average Bonchev–Trinajstić information content (AvgIpc) is 2.70. The first-order valence-corrected chi connectivity index (χ1v) is 13.8. The lowest BCUT2D eigenvalue weighted by molar-refractivity contribution is -0.140. The molecule has 0 spiro atoms. The number of nitrogens with zero attached hydrogens (tertiary/aromatic N) is 2. The minimum atomic E-state index is -3.91. The van der Waals surface area contributed by atoms with Crippen LogP contribution in [0, 0.1) is 0 Å². The average molecular weight is 593 g/mol. The van der Waals surface area contributed by atoms with E-state index in [0.29, 0.717) is 0 Å². The van der Waals surface area contributed by atoms with E-state index in [1.807, 2.05) is 45.0 Å². The fourth-order valence-electron chi connectivity index (χ4n) is 3.17. The summed E-state index contributed by atoms with van der Waals surface area (Å²) in [5.41, 5.74) is 0.340. The summed E-state index contributed by atoms with van der Waals surface area (Å²) in [4.78, 5) is 27.8. The lowest BCUT2D eigenvalue weighted by Gasteiger charge is -2.33. The highest BCUT2D eigenvalue weighted by Crippen LogP contribution is 2.33. The number of hydrogen-bond donors (Lipinski definition) is 1. The molecule has 0 aliphatic heterocycles. The van der Waals surface area contributed by atoms with E-state index in [0.717, 1.165) is 20.6 Å². The van der Waals surface area contributed by atoms with Crippen LogP contribution in [0.3, 0.4) is 0 Å². The molecule has 0 aromatic heterocycles. The van der Waals surface area contributed by atoms with E-state index in [-0.39, 0.29) is 28.2 Å². The largest absolute Gasteiger partial charge is 0.350 e. The fourth-order valence-corrected chi connectivity index (χ4v) is 4.92. The maximum atomic E-state index is 13.5. The Balaban J connectivity index is 2.45. The van der Waals surface area contributed by atoms with Gasteiger partial charge in [-0.05, 0) is 57.5 Å². The summed E-state index contributed by atoms with van der Waals surface area (Å²) in [5, 5.41) is 3.04. The third-order valence-electron chi connectivity index (χ3n) is 4.79. The van der Waals surface area contributed by atoms with Gasteiger partial charge in [-0.25, -0.2) is 8.42 Å². The fraction of sp³-hybridized carbons (Fsp3) is 0.391. The van der Waals surface area contributed by atoms with Crippen LogP contribution in [0.15, 0.2) is 46.9 Å². The number of amides is 2. The maximum Gasteiger partial charge on any atom is 0.244 e. The van der Waals surface area contributed by atoms with Gasteiger partial charge in [-0.3, -0.25) is 13.9 Å². The second-order valence-corrected chi connectivity index (χ2v) is 12.5. The first-order chi connectivity index (χ1) is 15.6. The SMILES string of the molecule is C[C@@H](C(=O)NC(C)(C)C)N(Cc1cccc(Br)c1)C(=O)CN(c1cccc(Cl)c1Cl)S(C)(=O)=O. The molecule has 0 aliphatic carbocycles. The van der Waals surface area contributed by atoms with Gasteiger partial charge in [0.05, 0.1) is 22.0 Å². The molecular formula is C23H28BrCl2N3O4S. The summed E-state index contributed by atoms with van der Waals surface area (Å²) in [7, 11) is -3.91. The molecule has 0 saturated carbocycles. The summed E-state index contributed by atoms with van der Waals surface area (Å²) >= 11 is 15.7. The van der Waals surface area contributed by atoms with Crippen LogP contribution in [0.4, 0.5) is 5.69 Å². The molecule has 1 atom stereocenters. The number of nitrogens with one attached hydrogen (secondary N) is 1. The molecule has 0 aliphatic rings. The second-order valence-electron chi connectivity index (χ2n) is 8.91. The third-order valence-corrected chi connectivity index (χ3v) is 7.22. The Morgan fingerprint density at radius 2 is 1.74 bits per heavy atom. The Morgan fingerprint density at radius 3 is 2.29 bits per heavy atom. The standard InChI is InChI=1S/C23H28BrCl2N3O4S/c1-15(22(31)27-23(2,3)4)28(13-16-8-6-9-17(24)12-16)20(30)14-29(34(5,32)33)19-11-7-10-18(25)21(19)26/h6-12,15H,13-14H2,1-5H3,(H,27,31)/t15-/m0/s1. The van der Waals surface area contributed by atoms with E-state index >= 15 is 0 Å². The molecule has 0 saturated heterocycles. The van der Waals surface area contributed by atoms with Gasteiger partial charge in [-0.2, -0.15) is 0 Å². The van der Waals surface area contributed by atoms with Gasteiger partial charge in [-0.1, -0.05) is 57.3 Å². The third kappa shape index (κ3) is 7.86. The molecule has 7 nitrogen and oxygen atoms in total. The van der Waals surface area contributed by atoms with Gasteiger partial charge in [0.1, 0.15) is 12.6 Å². The number of sulfonamides is 1. The molecule has 0 radical (unpaired) electrons. The van der Waals surface area contributed by atoms with E-state index in [4.69, 9.17) is 23.2 Å². The van der Waals surface area contributed by atoms with Crippen molar-refractivity contribution in [2.45, 2.75) is 45.8 Å². The number of rotatable bonds is 8. The van der Waals surface area contributed by atoms with Gasteiger partial charge in [0.15, 0.2) is 0 Å². The smallest absolute Gasteiger partial charge is 0.244 e. The number of hydrogen-bond acceptors (Lipinski definition) is 4. The summed E-state index contributed by atoms with van der Waals surface area (Å²) in [5.74, 6) is -0.930. The number of anilines is 1. The summed E-state index contributed by atoms with van der Waals surface area (Å²) in [6.45, 7) is 6.66. The maximum absolute atomic E-state index is 13.5. The van der Waals surface area contributed by atoms with E-state index in [1.165, 1.54) is 17.0 Å². The van der Waals surface area contributed by atoms with E-state index < -0.39 is 34.1 Å². The van der Waals surface area contributed by atoms with Gasteiger partial charge in [0.25, 0.3) is 0 Å². The van der Waals surface area contributed by atoms with Crippen LogP contribution < -0.4 is 9.62 Å². The van der Waals surface area contributed by atoms with Crippen molar-refractivity contribution in [2.75, 3.05) is 17.1 Å². The Kier molecular flexibility index (Phi) is 9.44. The Morgan fingerprint density at radius 1 is 1.12 bits per heavy atom. The predicted octanol–water partition coefficient (Wildman–Crippen LogP) is 4.85. The highest BCUT2D eigenvalue weighted by atomic mass is 79.9. The van der Waals surface area contributed by atoms with Crippen molar-refractivity contribution in [3.05, 3.63) is 62.5 Å². The molecule has 11 heteroatoms. The van der Waals surface area contributed by atoms with E-state index in [9.17, 15) is 18.0 Å². The van der Waals surface area contributed by atoms with Crippen LogP contribution in [-0.4, -0.2) is 49.5 Å². The number of carbonyl (C=O) groups is 2. The van der Waals surface area contributed by atoms with Gasteiger partial charge in [0.2, 0.25) is 21.8 Å². The molecule has 2 aromatic rings. The zero-order chi connectivity index (χ0) is 25.8. The summed E-state index contributed by atoms with van der Waals surface area (Å²) < 4.78 is 26.9. The number of benzene rings is 2. The zero-order valence-electron chi connectivity index (χ0n) is 19.6. The molecule has 2 aromatic carbocycles. The number of carbonyl (C=O) groups excluding carboxylic acids is 2. The Labute approximate surface area is 219 Å². The predicted molar refractivity (Wildman–Crippen MR) is 141 cm³/mol. The molecule has 0 unspecified atom stereocenters. The van der Waals surface area contributed by atoms with Crippen molar-refractivity contribution >= 4 is 66.7 Å². The molecule has 2 rings (SSSR count). The summed E-state index contributed by atoms with van der Waals surface area (Å²) in [6.07, 6.45) is 0.978. The summed E-state index contributed by atoms with van der Waals surface area (Å²) in [6, 6.07) is 11.0. The lowest BCUT2D eigenvalue weighted by atomic mass is 10.1. The lowest BCUT2D eigenvalue weighted by Crippen LogP contribution is -2.54. The van der Waals surface area contributed by atoms with Crippen LogP contribution in [0.25, 0.3) is 0 Å². The van der Waals surface area contributed by atoms with E-state index in [2.05, 4.69) is 21.2 Å². The molecule has 0 heterocycles. The van der Waals surface area contributed by atoms with Crippen molar-refractivity contribution in [3.8, 4) is 0 Å². The van der Waals surface area contributed by atoms with Gasteiger partial charge in [-0.15, -0.1) is 0 Å².